The zero-order chi connectivity index (χ0) is 21.0. The molecule has 0 aromatic carbocycles. The van der Waals surface area contributed by atoms with Crippen LogP contribution in [-0.2, 0) is 0 Å². The highest BCUT2D eigenvalue weighted by Gasteiger charge is 2.22. The van der Waals surface area contributed by atoms with Gasteiger partial charge in [-0.15, -0.1) is 0 Å². The Morgan fingerprint density at radius 3 is 1.11 bits per heavy atom. The summed E-state index contributed by atoms with van der Waals surface area (Å²) in [5.41, 5.74) is 0. The summed E-state index contributed by atoms with van der Waals surface area (Å²) in [6, 6.07) is 2.15. The minimum atomic E-state index is 0.675. The molecule has 1 atom stereocenters. The van der Waals surface area contributed by atoms with Crippen molar-refractivity contribution in [2.75, 3.05) is 0 Å². The van der Waals surface area contributed by atoms with Crippen LogP contribution in [0.5, 0.6) is 0 Å². The van der Waals surface area contributed by atoms with Crippen molar-refractivity contribution in [2.24, 2.45) is 0 Å². The number of rotatable bonds is 21. The molecular weight excluding hydrogens is 338 g/mol. The van der Waals surface area contributed by atoms with Gasteiger partial charge in [-0.3, -0.25) is 4.90 Å². The third kappa shape index (κ3) is 15.8. The second-order valence-electron chi connectivity index (χ2n) is 9.82. The molecule has 0 aliphatic rings. The van der Waals surface area contributed by atoms with Gasteiger partial charge >= 0.3 is 0 Å². The van der Waals surface area contributed by atoms with Crippen LogP contribution >= 0.6 is 0 Å². The molecule has 0 saturated carbocycles. The molecule has 0 fully saturated rings. The van der Waals surface area contributed by atoms with E-state index in [-0.39, 0.29) is 0 Å². The van der Waals surface area contributed by atoms with E-state index in [2.05, 4.69) is 46.4 Å². The second-order valence-corrected chi connectivity index (χ2v) is 9.82. The number of nitrogens with zero attached hydrogens (tertiary/aromatic N) is 1. The first-order valence-corrected chi connectivity index (χ1v) is 13.3. The Hall–Kier alpha value is -0.0400. The standard InChI is InChI=1S/C27H57N/c1-7-9-11-12-13-14-15-16-17-18-19-20-21-22-24-27(23-10-8-2)28(25(3)4)26(5)6/h25-27H,7-24H2,1-6H3. The van der Waals surface area contributed by atoms with E-state index in [9.17, 15) is 0 Å². The van der Waals surface area contributed by atoms with Crippen LogP contribution in [0, 0.1) is 0 Å². The zero-order valence-corrected chi connectivity index (χ0v) is 20.9. The Bertz CT molecular complexity index is 289. The van der Waals surface area contributed by atoms with E-state index in [1.807, 2.05) is 0 Å². The molecule has 0 aromatic rings. The maximum Gasteiger partial charge on any atom is 0.0101 e. The summed E-state index contributed by atoms with van der Waals surface area (Å²) in [6.45, 7) is 14.2. The molecule has 28 heavy (non-hydrogen) atoms. The summed E-state index contributed by atoms with van der Waals surface area (Å²) in [4.78, 5) is 2.78. The minimum absolute atomic E-state index is 0.675. The summed E-state index contributed by atoms with van der Waals surface area (Å²) >= 11 is 0. The van der Waals surface area contributed by atoms with Crippen molar-refractivity contribution >= 4 is 0 Å². The molecule has 0 saturated heterocycles. The minimum Gasteiger partial charge on any atom is -0.296 e. The Balaban J connectivity index is 3.69. The first-order chi connectivity index (χ1) is 13.5. The molecule has 1 unspecified atom stereocenters. The van der Waals surface area contributed by atoms with Crippen molar-refractivity contribution in [3.63, 3.8) is 0 Å². The van der Waals surface area contributed by atoms with Crippen molar-refractivity contribution in [3.05, 3.63) is 0 Å². The maximum absolute atomic E-state index is 2.78. The first-order valence-electron chi connectivity index (χ1n) is 13.3. The van der Waals surface area contributed by atoms with Crippen LogP contribution < -0.4 is 0 Å². The molecule has 0 aliphatic carbocycles. The van der Waals surface area contributed by atoms with E-state index in [1.165, 1.54) is 116 Å². The van der Waals surface area contributed by atoms with Crippen LogP contribution in [0.3, 0.4) is 0 Å². The topological polar surface area (TPSA) is 3.24 Å². The van der Waals surface area contributed by atoms with E-state index in [0.717, 1.165) is 6.04 Å². The molecular formula is C27H57N. The highest BCUT2D eigenvalue weighted by Crippen LogP contribution is 2.22. The highest BCUT2D eigenvalue weighted by molar-refractivity contribution is 4.78. The van der Waals surface area contributed by atoms with Crippen LogP contribution in [0.2, 0.25) is 0 Å². The zero-order valence-electron chi connectivity index (χ0n) is 20.9. The summed E-state index contributed by atoms with van der Waals surface area (Å²) < 4.78 is 0. The van der Waals surface area contributed by atoms with Crippen LogP contribution in [0.4, 0.5) is 0 Å². The number of hydrogen-bond acceptors (Lipinski definition) is 1. The number of hydrogen-bond donors (Lipinski definition) is 0. The number of unbranched alkanes of at least 4 members (excludes halogenated alkanes) is 14. The third-order valence-electron chi connectivity index (χ3n) is 6.40. The molecule has 1 nitrogen and oxygen atoms in total. The second kappa shape index (κ2) is 20.2. The molecule has 1 heteroatoms. The Morgan fingerprint density at radius 1 is 0.429 bits per heavy atom. The summed E-state index contributed by atoms with van der Waals surface area (Å²) in [7, 11) is 0. The van der Waals surface area contributed by atoms with Gasteiger partial charge < -0.3 is 0 Å². The van der Waals surface area contributed by atoms with Crippen LogP contribution in [-0.4, -0.2) is 23.0 Å². The Labute approximate surface area is 180 Å². The Kier molecular flexibility index (Phi) is 20.2. The molecule has 0 aromatic heterocycles. The molecule has 0 radical (unpaired) electrons. The molecule has 0 aliphatic heterocycles. The van der Waals surface area contributed by atoms with Crippen LogP contribution in [0.15, 0.2) is 0 Å². The van der Waals surface area contributed by atoms with Gasteiger partial charge in [0.15, 0.2) is 0 Å². The lowest BCUT2D eigenvalue weighted by atomic mass is 9.97. The highest BCUT2D eigenvalue weighted by atomic mass is 15.2. The fourth-order valence-electron chi connectivity index (χ4n) is 4.90. The van der Waals surface area contributed by atoms with Crippen molar-refractivity contribution in [1.29, 1.82) is 0 Å². The predicted octanol–water partition coefficient (Wildman–Crippen LogP) is 9.54. The maximum atomic E-state index is 2.78. The average molecular weight is 396 g/mol. The average Bonchev–Trinajstić information content (AvgIpc) is 2.65. The molecule has 0 heterocycles. The predicted molar refractivity (Wildman–Crippen MR) is 130 cm³/mol. The first kappa shape index (κ1) is 28.0. The fourth-order valence-corrected chi connectivity index (χ4v) is 4.90. The van der Waals surface area contributed by atoms with Gasteiger partial charge in [-0.1, -0.05) is 117 Å². The lowest BCUT2D eigenvalue weighted by Gasteiger charge is -2.38. The van der Waals surface area contributed by atoms with Crippen LogP contribution in [0.25, 0.3) is 0 Å². The van der Waals surface area contributed by atoms with Gasteiger partial charge in [0, 0.05) is 18.1 Å². The summed E-state index contributed by atoms with van der Waals surface area (Å²) in [5.74, 6) is 0. The van der Waals surface area contributed by atoms with Gasteiger partial charge in [0.1, 0.15) is 0 Å². The monoisotopic (exact) mass is 395 g/mol. The third-order valence-corrected chi connectivity index (χ3v) is 6.40. The van der Waals surface area contributed by atoms with Crippen molar-refractivity contribution in [1.82, 2.24) is 4.90 Å². The van der Waals surface area contributed by atoms with Gasteiger partial charge in [0.25, 0.3) is 0 Å². The molecule has 0 N–H and O–H groups in total. The van der Waals surface area contributed by atoms with Crippen molar-refractivity contribution in [2.45, 2.75) is 175 Å². The fraction of sp³-hybridized carbons (Fsp3) is 1.00. The summed E-state index contributed by atoms with van der Waals surface area (Å²) in [5, 5.41) is 0. The molecule has 0 spiro atoms. The van der Waals surface area contributed by atoms with Crippen molar-refractivity contribution < 1.29 is 0 Å². The van der Waals surface area contributed by atoms with E-state index in [4.69, 9.17) is 0 Å². The van der Waals surface area contributed by atoms with E-state index in [0.29, 0.717) is 12.1 Å². The quantitative estimate of drug-likeness (QED) is 0.175. The SMILES string of the molecule is CCCCCCCCCCCCCCCCC(CCCC)N(C(C)C)C(C)C. The van der Waals surface area contributed by atoms with E-state index >= 15 is 0 Å². The van der Waals surface area contributed by atoms with Gasteiger partial charge in [0.05, 0.1) is 0 Å². The van der Waals surface area contributed by atoms with E-state index < -0.39 is 0 Å². The van der Waals surface area contributed by atoms with Crippen molar-refractivity contribution in [3.8, 4) is 0 Å². The largest absolute Gasteiger partial charge is 0.296 e. The van der Waals surface area contributed by atoms with Crippen LogP contribution in [0.1, 0.15) is 157 Å². The summed E-state index contributed by atoms with van der Waals surface area (Å²) in [6.07, 6.45) is 25.9. The van der Waals surface area contributed by atoms with Gasteiger partial charge in [-0.25, -0.2) is 0 Å². The van der Waals surface area contributed by atoms with E-state index in [1.54, 1.807) is 0 Å². The lowest BCUT2D eigenvalue weighted by molar-refractivity contribution is 0.0964. The van der Waals surface area contributed by atoms with Gasteiger partial charge in [-0.05, 0) is 40.5 Å². The normalized spacial score (nSPS) is 13.2. The molecule has 170 valence electrons. The lowest BCUT2D eigenvalue weighted by Crippen LogP contribution is -2.45. The van der Waals surface area contributed by atoms with Gasteiger partial charge in [-0.2, -0.15) is 0 Å². The molecule has 0 bridgehead atoms. The molecule has 0 rings (SSSR count). The smallest absolute Gasteiger partial charge is 0.0101 e. The Morgan fingerprint density at radius 2 is 0.750 bits per heavy atom. The van der Waals surface area contributed by atoms with Gasteiger partial charge in [0.2, 0.25) is 0 Å². The molecule has 0 amide bonds.